The maximum absolute atomic E-state index is 12.2. The number of hydrogen-bond acceptors (Lipinski definition) is 3. The third-order valence-corrected chi connectivity index (χ3v) is 5.86. The largest absolute Gasteiger partial charge is 0.497 e. The fourth-order valence-corrected chi connectivity index (χ4v) is 4.01. The highest BCUT2D eigenvalue weighted by atomic mass is 16.5. The van der Waals surface area contributed by atoms with Crippen molar-refractivity contribution in [1.29, 1.82) is 0 Å². The van der Waals surface area contributed by atoms with E-state index in [9.17, 15) is 4.79 Å². The molecule has 1 unspecified atom stereocenters. The summed E-state index contributed by atoms with van der Waals surface area (Å²) < 4.78 is 5.19. The van der Waals surface area contributed by atoms with Crippen molar-refractivity contribution in [2.45, 2.75) is 57.8 Å². The van der Waals surface area contributed by atoms with Gasteiger partial charge in [-0.3, -0.25) is 4.79 Å². The summed E-state index contributed by atoms with van der Waals surface area (Å²) in [6.45, 7) is 0. The van der Waals surface area contributed by atoms with Crippen LogP contribution in [0.3, 0.4) is 0 Å². The van der Waals surface area contributed by atoms with E-state index in [4.69, 9.17) is 4.74 Å². The molecule has 0 saturated heterocycles. The van der Waals surface area contributed by atoms with E-state index in [0.29, 0.717) is 5.69 Å². The van der Waals surface area contributed by atoms with E-state index in [2.05, 4.69) is 9.97 Å². The summed E-state index contributed by atoms with van der Waals surface area (Å²) in [4.78, 5) is 19.7. The molecule has 2 fully saturated rings. The Morgan fingerprint density at radius 3 is 2.88 bits per heavy atom. The molecule has 1 aromatic carbocycles. The lowest BCUT2D eigenvalue weighted by atomic mass is 10.1. The van der Waals surface area contributed by atoms with Crippen molar-refractivity contribution in [3.8, 4) is 5.75 Å². The van der Waals surface area contributed by atoms with Gasteiger partial charge in [0.2, 0.25) is 0 Å². The van der Waals surface area contributed by atoms with E-state index >= 15 is 0 Å². The zero-order chi connectivity index (χ0) is 17.2. The van der Waals surface area contributed by atoms with Crippen LogP contribution in [0.5, 0.6) is 5.75 Å². The number of nitrogens with one attached hydrogen (secondary N) is 1. The van der Waals surface area contributed by atoms with Gasteiger partial charge in [0.1, 0.15) is 11.4 Å². The second-order valence-corrected chi connectivity index (χ2v) is 7.93. The highest BCUT2D eigenvalue weighted by Crippen LogP contribution is 2.50. The molecular weight excluding hydrogens is 312 g/mol. The molecule has 0 radical (unpaired) electrons. The van der Waals surface area contributed by atoms with Gasteiger partial charge in [0.05, 0.1) is 18.1 Å². The number of methoxy groups -OCH3 is 1. The Morgan fingerprint density at radius 2 is 2.08 bits per heavy atom. The number of aryl methyl sites for hydroxylation is 1. The summed E-state index contributed by atoms with van der Waals surface area (Å²) in [5.74, 6) is 3.88. The third-order valence-electron chi connectivity index (χ3n) is 5.86. The Bertz CT molecular complexity index is 794. The van der Waals surface area contributed by atoms with Gasteiger partial charge in [-0.05, 0) is 55.6 Å². The van der Waals surface area contributed by atoms with Gasteiger partial charge in [0.25, 0.3) is 5.56 Å². The molecular formula is C21H28N2O2. The Kier molecular flexibility index (Phi) is 4.78. The quantitative estimate of drug-likeness (QED) is 0.685. The first-order valence-corrected chi connectivity index (χ1v) is 9.80. The van der Waals surface area contributed by atoms with Crippen molar-refractivity contribution >= 4 is 11.0 Å². The summed E-state index contributed by atoms with van der Waals surface area (Å²) in [7, 11) is 1.62. The predicted molar refractivity (Wildman–Crippen MR) is 100 cm³/mol. The summed E-state index contributed by atoms with van der Waals surface area (Å²) in [5, 5.41) is 0. The van der Waals surface area contributed by atoms with Crippen LogP contribution >= 0.6 is 0 Å². The first-order chi connectivity index (χ1) is 12.2. The van der Waals surface area contributed by atoms with E-state index in [1.54, 1.807) is 7.11 Å². The van der Waals surface area contributed by atoms with Crippen LogP contribution in [-0.2, 0) is 6.42 Å². The maximum Gasteiger partial charge on any atom is 0.270 e. The Balaban J connectivity index is 1.23. The van der Waals surface area contributed by atoms with Crippen LogP contribution in [0.15, 0.2) is 23.0 Å². The molecule has 1 aromatic heterocycles. The van der Waals surface area contributed by atoms with Crippen molar-refractivity contribution in [2.75, 3.05) is 7.11 Å². The second kappa shape index (κ2) is 7.19. The van der Waals surface area contributed by atoms with Crippen LogP contribution in [0, 0.1) is 17.8 Å². The molecule has 25 heavy (non-hydrogen) atoms. The van der Waals surface area contributed by atoms with Crippen LogP contribution in [0.25, 0.3) is 11.0 Å². The molecule has 4 rings (SSSR count). The molecule has 2 aromatic rings. The van der Waals surface area contributed by atoms with Crippen LogP contribution in [-0.4, -0.2) is 17.1 Å². The highest BCUT2D eigenvalue weighted by molar-refractivity contribution is 5.75. The first kappa shape index (κ1) is 16.6. The number of aromatic nitrogens is 2. The molecule has 2 aliphatic rings. The zero-order valence-corrected chi connectivity index (χ0v) is 15.1. The maximum atomic E-state index is 12.2. The average Bonchev–Trinajstić information content (AvgIpc) is 3.54. The van der Waals surface area contributed by atoms with E-state index < -0.39 is 0 Å². The van der Waals surface area contributed by atoms with Gasteiger partial charge in [0, 0.05) is 6.07 Å². The number of unbranched alkanes of at least 4 members (excludes halogenated alkanes) is 2. The predicted octanol–water partition coefficient (Wildman–Crippen LogP) is 4.47. The summed E-state index contributed by atoms with van der Waals surface area (Å²) >= 11 is 0. The molecule has 2 saturated carbocycles. The van der Waals surface area contributed by atoms with Crippen molar-refractivity contribution < 1.29 is 4.74 Å². The van der Waals surface area contributed by atoms with E-state index in [1.807, 2.05) is 18.2 Å². The molecule has 134 valence electrons. The normalized spacial score (nSPS) is 22.3. The topological polar surface area (TPSA) is 55.0 Å². The minimum absolute atomic E-state index is 0.0626. The minimum Gasteiger partial charge on any atom is -0.497 e. The molecule has 0 aliphatic heterocycles. The molecule has 1 N–H and O–H groups in total. The molecule has 4 heteroatoms. The van der Waals surface area contributed by atoms with Crippen LogP contribution in [0.4, 0.5) is 0 Å². The molecule has 2 aliphatic carbocycles. The van der Waals surface area contributed by atoms with E-state index in [1.165, 1.54) is 44.9 Å². The second-order valence-electron chi connectivity index (χ2n) is 7.93. The van der Waals surface area contributed by atoms with Crippen molar-refractivity contribution in [3.05, 3.63) is 34.2 Å². The number of benzene rings is 1. The van der Waals surface area contributed by atoms with Gasteiger partial charge in [-0.15, -0.1) is 0 Å². The van der Waals surface area contributed by atoms with Crippen LogP contribution in [0.2, 0.25) is 0 Å². The molecule has 4 nitrogen and oxygen atoms in total. The Labute approximate surface area is 149 Å². The lowest BCUT2D eigenvalue weighted by Crippen LogP contribution is -2.15. The highest BCUT2D eigenvalue weighted by Gasteiger charge is 2.39. The van der Waals surface area contributed by atoms with Crippen molar-refractivity contribution in [2.24, 2.45) is 17.8 Å². The number of rotatable bonds is 9. The third kappa shape index (κ3) is 4.23. The monoisotopic (exact) mass is 340 g/mol. The number of fused-ring (bicyclic) bond motifs is 1. The number of H-pyrrole nitrogens is 1. The average molecular weight is 340 g/mol. The Hall–Kier alpha value is -1.84. The molecule has 0 amide bonds. The van der Waals surface area contributed by atoms with Gasteiger partial charge in [-0.1, -0.05) is 32.1 Å². The molecule has 0 spiro atoms. The number of ether oxygens (including phenoxy) is 1. The number of hydrogen-bond donors (Lipinski definition) is 1. The number of aromatic amines is 1. The van der Waals surface area contributed by atoms with Crippen LogP contribution < -0.4 is 10.3 Å². The summed E-state index contributed by atoms with van der Waals surface area (Å²) in [6.07, 6.45) is 11.7. The lowest BCUT2D eigenvalue weighted by Gasteiger charge is -2.05. The van der Waals surface area contributed by atoms with Gasteiger partial charge < -0.3 is 9.72 Å². The standard InChI is InChI=1S/C21H28N2O2/c1-25-17-9-10-18-20(13-17)23-21(24)19(22-18)6-4-2-3-5-15-12-16(15)11-14-7-8-14/h9-10,13-16H,2-8,11-12H2,1H3,(H,23,24)/t15-,16?/m1/s1. The van der Waals surface area contributed by atoms with Crippen LogP contribution in [0.1, 0.15) is 57.1 Å². The molecule has 2 atom stereocenters. The van der Waals surface area contributed by atoms with Gasteiger partial charge >= 0.3 is 0 Å². The van der Waals surface area contributed by atoms with E-state index in [0.717, 1.165) is 47.4 Å². The SMILES string of the molecule is COc1ccc2nc(CCCCC[C@@H]3CC3CC3CC3)c(=O)[nH]c2c1. The van der Waals surface area contributed by atoms with Crippen molar-refractivity contribution in [1.82, 2.24) is 9.97 Å². The smallest absolute Gasteiger partial charge is 0.270 e. The van der Waals surface area contributed by atoms with E-state index in [-0.39, 0.29) is 5.56 Å². The Morgan fingerprint density at radius 1 is 1.20 bits per heavy atom. The summed E-state index contributed by atoms with van der Waals surface area (Å²) in [5.41, 5.74) is 2.17. The molecule has 0 bridgehead atoms. The van der Waals surface area contributed by atoms with Gasteiger partial charge in [-0.25, -0.2) is 4.98 Å². The zero-order valence-electron chi connectivity index (χ0n) is 15.1. The van der Waals surface area contributed by atoms with Gasteiger partial charge in [0.15, 0.2) is 0 Å². The fourth-order valence-electron chi connectivity index (χ4n) is 4.01. The minimum atomic E-state index is -0.0626. The summed E-state index contributed by atoms with van der Waals surface area (Å²) in [6, 6.07) is 5.60. The fraction of sp³-hybridized carbons (Fsp3) is 0.619. The lowest BCUT2D eigenvalue weighted by molar-refractivity contribution is 0.415. The van der Waals surface area contributed by atoms with Crippen molar-refractivity contribution in [3.63, 3.8) is 0 Å². The first-order valence-electron chi connectivity index (χ1n) is 9.80. The van der Waals surface area contributed by atoms with Gasteiger partial charge in [-0.2, -0.15) is 0 Å². The molecule has 1 heterocycles. The number of nitrogens with zero attached hydrogens (tertiary/aromatic N) is 1.